The molecule has 0 unspecified atom stereocenters. The average molecular weight is 346 g/mol. The van der Waals surface area contributed by atoms with E-state index in [4.69, 9.17) is 5.73 Å². The minimum absolute atomic E-state index is 0.0657. The predicted molar refractivity (Wildman–Crippen MR) is 85.3 cm³/mol. The van der Waals surface area contributed by atoms with E-state index in [-0.39, 0.29) is 23.8 Å². The van der Waals surface area contributed by atoms with E-state index in [1.54, 1.807) is 6.07 Å². The summed E-state index contributed by atoms with van der Waals surface area (Å²) in [7, 11) is -3.86. The number of hydrogen-bond donors (Lipinski definition) is 2. The van der Waals surface area contributed by atoms with Gasteiger partial charge >= 0.3 is 0 Å². The Bertz CT molecular complexity index is 881. The van der Waals surface area contributed by atoms with Crippen LogP contribution in [0.3, 0.4) is 0 Å². The molecule has 0 aliphatic heterocycles. The Morgan fingerprint density at radius 3 is 2.46 bits per heavy atom. The van der Waals surface area contributed by atoms with Gasteiger partial charge in [-0.05, 0) is 30.3 Å². The fourth-order valence-electron chi connectivity index (χ4n) is 2.00. The highest BCUT2D eigenvalue weighted by molar-refractivity contribution is 7.92. The first-order chi connectivity index (χ1) is 11.6. The molecular weight excluding hydrogens is 332 g/mol. The highest BCUT2D eigenvalue weighted by Crippen LogP contribution is 2.21. The van der Waals surface area contributed by atoms with Gasteiger partial charge in [-0.15, -0.1) is 10.2 Å². The van der Waals surface area contributed by atoms with Crippen LogP contribution in [-0.4, -0.2) is 45.6 Å². The van der Waals surface area contributed by atoms with Gasteiger partial charge in [0.15, 0.2) is 5.82 Å². The molecule has 0 spiro atoms. The molecule has 0 fully saturated rings. The van der Waals surface area contributed by atoms with Crippen molar-refractivity contribution in [3.05, 3.63) is 48.5 Å². The van der Waals surface area contributed by atoms with Crippen LogP contribution in [0.15, 0.2) is 47.6 Å². The summed E-state index contributed by atoms with van der Waals surface area (Å²) < 4.78 is 27.0. The van der Waals surface area contributed by atoms with E-state index in [0.29, 0.717) is 11.5 Å². The van der Waals surface area contributed by atoms with Crippen LogP contribution < -0.4 is 10.0 Å². The van der Waals surface area contributed by atoms with Crippen molar-refractivity contribution in [1.82, 2.24) is 30.6 Å². The smallest absolute Gasteiger partial charge is 0.266 e. The molecule has 24 heavy (non-hydrogen) atoms. The van der Waals surface area contributed by atoms with Crippen molar-refractivity contribution in [2.24, 2.45) is 0 Å². The van der Waals surface area contributed by atoms with Crippen LogP contribution in [0.2, 0.25) is 0 Å². The molecule has 1 aromatic carbocycles. The molecule has 3 aromatic rings. The first-order valence-corrected chi connectivity index (χ1v) is 8.39. The molecule has 3 N–H and O–H groups in total. The van der Waals surface area contributed by atoms with E-state index < -0.39 is 10.0 Å². The Labute approximate surface area is 137 Å². The van der Waals surface area contributed by atoms with Gasteiger partial charge in [0, 0.05) is 31.0 Å². The van der Waals surface area contributed by atoms with Crippen molar-refractivity contribution < 1.29 is 8.42 Å². The number of tetrazole rings is 1. The molecule has 11 heteroatoms. The fourth-order valence-corrected chi connectivity index (χ4v) is 3.38. The summed E-state index contributed by atoms with van der Waals surface area (Å²) in [6.45, 7) is 0.0657. The Morgan fingerprint density at radius 1 is 1.12 bits per heavy atom. The second-order valence-electron chi connectivity index (χ2n) is 4.77. The Kier molecular flexibility index (Phi) is 4.33. The molecule has 0 aliphatic carbocycles. The van der Waals surface area contributed by atoms with E-state index in [2.05, 4.69) is 30.6 Å². The quantitative estimate of drug-likeness (QED) is 0.594. The van der Waals surface area contributed by atoms with Crippen LogP contribution in [-0.2, 0) is 16.4 Å². The number of nitrogens with zero attached hydrogens (tertiary/aromatic N) is 6. The van der Waals surface area contributed by atoms with Gasteiger partial charge in [0.2, 0.25) is 5.95 Å². The van der Waals surface area contributed by atoms with Crippen LogP contribution in [0, 0.1) is 0 Å². The summed E-state index contributed by atoms with van der Waals surface area (Å²) in [5.41, 5.74) is 6.10. The number of hydrogen-bond acceptors (Lipinski definition) is 8. The van der Waals surface area contributed by atoms with Gasteiger partial charge in [-0.2, -0.15) is 5.21 Å². The zero-order valence-corrected chi connectivity index (χ0v) is 13.3. The summed E-state index contributed by atoms with van der Waals surface area (Å²) in [5, 5.41) is 13.4. The maximum Gasteiger partial charge on any atom is 0.266 e. The number of H-pyrrole nitrogens is 1. The number of rotatable bonds is 6. The van der Waals surface area contributed by atoms with Crippen molar-refractivity contribution in [1.29, 1.82) is 0 Å². The molecule has 0 amide bonds. The third-order valence-corrected chi connectivity index (χ3v) is 4.97. The van der Waals surface area contributed by atoms with Crippen LogP contribution >= 0.6 is 0 Å². The SMILES string of the molecule is Nc1ccc(S(=O)(=O)N(CCc2nn[nH]n2)c2ncccn2)cc1. The third-order valence-electron chi connectivity index (χ3n) is 3.17. The molecule has 3 rings (SSSR count). The lowest BCUT2D eigenvalue weighted by Crippen LogP contribution is -2.34. The maximum absolute atomic E-state index is 12.9. The molecule has 2 heterocycles. The first kappa shape index (κ1) is 15.8. The molecule has 0 saturated heterocycles. The normalized spacial score (nSPS) is 11.3. The molecule has 0 atom stereocenters. The minimum atomic E-state index is -3.86. The molecule has 10 nitrogen and oxygen atoms in total. The lowest BCUT2D eigenvalue weighted by Gasteiger charge is -2.21. The number of benzene rings is 1. The molecule has 2 aromatic heterocycles. The second-order valence-corrected chi connectivity index (χ2v) is 6.64. The third kappa shape index (κ3) is 3.30. The first-order valence-electron chi connectivity index (χ1n) is 6.95. The lowest BCUT2D eigenvalue weighted by molar-refractivity contribution is 0.588. The molecule has 0 bridgehead atoms. The largest absolute Gasteiger partial charge is 0.399 e. The van der Waals surface area contributed by atoms with E-state index in [9.17, 15) is 8.42 Å². The van der Waals surface area contributed by atoms with Crippen LogP contribution in [0.1, 0.15) is 5.82 Å². The van der Waals surface area contributed by atoms with Crippen molar-refractivity contribution in [3.8, 4) is 0 Å². The highest BCUT2D eigenvalue weighted by atomic mass is 32.2. The van der Waals surface area contributed by atoms with Crippen LogP contribution in [0.25, 0.3) is 0 Å². The average Bonchev–Trinajstić information content (AvgIpc) is 3.10. The van der Waals surface area contributed by atoms with E-state index in [1.165, 1.54) is 36.7 Å². The van der Waals surface area contributed by atoms with Crippen molar-refractivity contribution in [3.63, 3.8) is 0 Å². The summed E-state index contributed by atoms with van der Waals surface area (Å²) in [6, 6.07) is 7.53. The number of aromatic nitrogens is 6. The van der Waals surface area contributed by atoms with Crippen molar-refractivity contribution >= 4 is 21.7 Å². The molecular formula is C13H14N8O2S. The standard InChI is InChI=1S/C13H14N8O2S/c14-10-2-4-11(5-3-10)24(22,23)21(13-15-7-1-8-16-13)9-6-12-17-19-20-18-12/h1-5,7-8H,6,9,14H2,(H,17,18,19,20). The Balaban J connectivity index is 1.95. The molecule has 0 aliphatic rings. The Morgan fingerprint density at radius 2 is 1.83 bits per heavy atom. The van der Waals surface area contributed by atoms with Crippen molar-refractivity contribution in [2.75, 3.05) is 16.6 Å². The summed E-state index contributed by atoms with van der Waals surface area (Å²) in [4.78, 5) is 8.16. The summed E-state index contributed by atoms with van der Waals surface area (Å²) >= 11 is 0. The maximum atomic E-state index is 12.9. The van der Waals surface area contributed by atoms with Gasteiger partial charge in [-0.3, -0.25) is 0 Å². The zero-order chi connectivity index (χ0) is 17.0. The predicted octanol–water partition coefficient (Wildman–Crippen LogP) is 0.00990. The van der Waals surface area contributed by atoms with Crippen LogP contribution in [0.4, 0.5) is 11.6 Å². The van der Waals surface area contributed by atoms with E-state index in [1.807, 2.05) is 0 Å². The summed E-state index contributed by atoms with van der Waals surface area (Å²) in [6.07, 6.45) is 3.20. The number of aromatic amines is 1. The van der Waals surface area contributed by atoms with Gasteiger partial charge in [-0.1, -0.05) is 5.21 Å². The van der Waals surface area contributed by atoms with Crippen molar-refractivity contribution in [2.45, 2.75) is 11.3 Å². The van der Waals surface area contributed by atoms with E-state index >= 15 is 0 Å². The van der Waals surface area contributed by atoms with Gasteiger partial charge in [0.25, 0.3) is 10.0 Å². The number of sulfonamides is 1. The number of nitrogen functional groups attached to an aromatic ring is 1. The van der Waals surface area contributed by atoms with Gasteiger partial charge in [-0.25, -0.2) is 22.7 Å². The minimum Gasteiger partial charge on any atom is -0.399 e. The van der Waals surface area contributed by atoms with Gasteiger partial charge < -0.3 is 5.73 Å². The second kappa shape index (κ2) is 6.58. The zero-order valence-electron chi connectivity index (χ0n) is 12.4. The summed E-state index contributed by atoms with van der Waals surface area (Å²) in [5.74, 6) is 0.459. The Hall–Kier alpha value is -3.08. The van der Waals surface area contributed by atoms with E-state index in [0.717, 1.165) is 4.31 Å². The monoisotopic (exact) mass is 346 g/mol. The highest BCUT2D eigenvalue weighted by Gasteiger charge is 2.27. The fraction of sp³-hybridized carbons (Fsp3) is 0.154. The van der Waals surface area contributed by atoms with Crippen LogP contribution in [0.5, 0.6) is 0 Å². The lowest BCUT2D eigenvalue weighted by atomic mass is 10.3. The molecule has 124 valence electrons. The molecule has 0 saturated carbocycles. The van der Waals surface area contributed by atoms with Gasteiger partial charge in [0.05, 0.1) is 4.90 Å². The molecule has 0 radical (unpaired) electrons. The topological polar surface area (TPSA) is 144 Å². The number of nitrogens with two attached hydrogens (primary N) is 1. The van der Waals surface area contributed by atoms with Gasteiger partial charge in [0.1, 0.15) is 0 Å². The number of anilines is 2. The number of nitrogens with one attached hydrogen (secondary N) is 1.